The molecule has 0 bridgehead atoms. The molecular weight excluding hydrogens is 332 g/mol. The summed E-state index contributed by atoms with van der Waals surface area (Å²) < 4.78 is 16.7. The lowest BCUT2D eigenvalue weighted by atomic mass is 10.1. The van der Waals surface area contributed by atoms with Crippen molar-refractivity contribution in [1.29, 1.82) is 0 Å². The molecule has 0 radical (unpaired) electrons. The highest BCUT2D eigenvalue weighted by Gasteiger charge is 2.16. The Kier molecular flexibility index (Phi) is 4.51. The first-order valence-corrected chi connectivity index (χ1v) is 8.27. The molecule has 0 saturated carbocycles. The third-order valence-corrected chi connectivity index (χ3v) is 4.00. The van der Waals surface area contributed by atoms with E-state index in [1.54, 1.807) is 25.7 Å². The van der Waals surface area contributed by atoms with Crippen LogP contribution in [0.3, 0.4) is 0 Å². The molecule has 7 heteroatoms. The molecule has 0 spiro atoms. The summed E-state index contributed by atoms with van der Waals surface area (Å²) in [5.74, 6) is 2.68. The van der Waals surface area contributed by atoms with E-state index in [4.69, 9.17) is 14.2 Å². The molecule has 1 aliphatic heterocycles. The Morgan fingerprint density at radius 3 is 2.73 bits per heavy atom. The number of pyridine rings is 1. The largest absolute Gasteiger partial charge is 0.496 e. The number of fused-ring (bicyclic) bond motifs is 1. The number of methoxy groups -OCH3 is 1. The molecule has 0 saturated heterocycles. The lowest BCUT2D eigenvalue weighted by Crippen LogP contribution is -2.16. The summed E-state index contributed by atoms with van der Waals surface area (Å²) >= 11 is 0. The van der Waals surface area contributed by atoms with Crippen molar-refractivity contribution in [2.45, 2.75) is 6.54 Å². The molecule has 0 fully saturated rings. The maximum Gasteiger partial charge on any atom is 0.223 e. The van der Waals surface area contributed by atoms with Gasteiger partial charge in [-0.3, -0.25) is 4.98 Å². The Balaban J connectivity index is 1.54. The van der Waals surface area contributed by atoms with Crippen molar-refractivity contribution in [3.8, 4) is 28.5 Å². The lowest BCUT2D eigenvalue weighted by molar-refractivity contribution is 0.170. The van der Waals surface area contributed by atoms with E-state index in [0.29, 0.717) is 31.5 Å². The Labute approximate surface area is 151 Å². The number of benzene rings is 1. The zero-order chi connectivity index (χ0) is 17.8. The Morgan fingerprint density at radius 1 is 1.12 bits per heavy atom. The molecule has 0 unspecified atom stereocenters. The summed E-state index contributed by atoms with van der Waals surface area (Å²) in [5, 5.41) is 3.23. The topological polar surface area (TPSA) is 78.4 Å². The normalized spacial score (nSPS) is 12.5. The number of ether oxygens (including phenoxy) is 3. The van der Waals surface area contributed by atoms with E-state index in [2.05, 4.69) is 20.3 Å². The maximum atomic E-state index is 5.65. The van der Waals surface area contributed by atoms with E-state index in [0.717, 1.165) is 28.3 Å². The van der Waals surface area contributed by atoms with Gasteiger partial charge in [0.1, 0.15) is 19.0 Å². The van der Waals surface area contributed by atoms with Crippen LogP contribution in [-0.4, -0.2) is 35.3 Å². The van der Waals surface area contributed by atoms with Crippen LogP contribution in [-0.2, 0) is 6.54 Å². The number of hydrogen-bond acceptors (Lipinski definition) is 7. The number of hydrogen-bond donors (Lipinski definition) is 1. The summed E-state index contributed by atoms with van der Waals surface area (Å²) in [6.45, 7) is 1.58. The van der Waals surface area contributed by atoms with Gasteiger partial charge in [0.2, 0.25) is 5.95 Å². The highest BCUT2D eigenvalue weighted by molar-refractivity contribution is 5.58. The zero-order valence-electron chi connectivity index (χ0n) is 14.3. The molecule has 3 aromatic rings. The van der Waals surface area contributed by atoms with Gasteiger partial charge >= 0.3 is 0 Å². The molecule has 132 valence electrons. The smallest absolute Gasteiger partial charge is 0.223 e. The molecule has 1 N–H and O–H groups in total. The first kappa shape index (κ1) is 16.1. The van der Waals surface area contributed by atoms with Crippen molar-refractivity contribution in [2.75, 3.05) is 25.6 Å². The quantitative estimate of drug-likeness (QED) is 0.758. The van der Waals surface area contributed by atoms with Crippen LogP contribution in [0.25, 0.3) is 11.3 Å². The summed E-state index contributed by atoms with van der Waals surface area (Å²) in [5.41, 5.74) is 2.69. The molecular formula is C19H18N4O3. The van der Waals surface area contributed by atoms with Crippen LogP contribution in [0.2, 0.25) is 0 Å². The van der Waals surface area contributed by atoms with E-state index >= 15 is 0 Å². The number of rotatable bonds is 5. The average molecular weight is 350 g/mol. The van der Waals surface area contributed by atoms with Crippen LogP contribution in [0.5, 0.6) is 17.2 Å². The molecule has 3 heterocycles. The molecule has 2 aromatic heterocycles. The van der Waals surface area contributed by atoms with Gasteiger partial charge in [0.15, 0.2) is 11.5 Å². The minimum atomic E-state index is 0.496. The fourth-order valence-corrected chi connectivity index (χ4v) is 2.73. The van der Waals surface area contributed by atoms with Gasteiger partial charge < -0.3 is 19.5 Å². The highest BCUT2D eigenvalue weighted by Crippen LogP contribution is 2.36. The van der Waals surface area contributed by atoms with Gasteiger partial charge in [0, 0.05) is 42.3 Å². The van der Waals surface area contributed by atoms with Crippen LogP contribution < -0.4 is 19.5 Å². The number of nitrogens with zero attached hydrogens (tertiary/aromatic N) is 3. The van der Waals surface area contributed by atoms with Crippen molar-refractivity contribution in [3.63, 3.8) is 0 Å². The van der Waals surface area contributed by atoms with Crippen LogP contribution in [0.4, 0.5) is 5.95 Å². The van der Waals surface area contributed by atoms with Crippen molar-refractivity contribution in [3.05, 3.63) is 54.5 Å². The van der Waals surface area contributed by atoms with Gasteiger partial charge in [-0.25, -0.2) is 9.97 Å². The summed E-state index contributed by atoms with van der Waals surface area (Å²) in [4.78, 5) is 13.0. The van der Waals surface area contributed by atoms with Gasteiger partial charge in [0.05, 0.1) is 12.8 Å². The van der Waals surface area contributed by atoms with Crippen molar-refractivity contribution in [1.82, 2.24) is 15.0 Å². The third kappa shape index (κ3) is 3.37. The monoisotopic (exact) mass is 350 g/mol. The van der Waals surface area contributed by atoms with E-state index in [1.807, 2.05) is 30.3 Å². The van der Waals surface area contributed by atoms with Gasteiger partial charge in [-0.15, -0.1) is 0 Å². The number of nitrogens with one attached hydrogen (secondary N) is 1. The van der Waals surface area contributed by atoms with Crippen molar-refractivity contribution >= 4 is 5.95 Å². The SMILES string of the molecule is COc1cc2c(cc1CNc1nccc(-c3cccnc3)n1)OCCO2. The number of aromatic nitrogens is 3. The fraction of sp³-hybridized carbons (Fsp3) is 0.211. The molecule has 7 nitrogen and oxygen atoms in total. The van der Waals surface area contributed by atoms with Gasteiger partial charge in [-0.2, -0.15) is 0 Å². The van der Waals surface area contributed by atoms with E-state index in [-0.39, 0.29) is 0 Å². The van der Waals surface area contributed by atoms with Gasteiger partial charge in [-0.1, -0.05) is 0 Å². The van der Waals surface area contributed by atoms with Crippen LogP contribution >= 0.6 is 0 Å². The second-order valence-electron chi connectivity index (χ2n) is 5.67. The molecule has 4 rings (SSSR count). The molecule has 0 atom stereocenters. The highest BCUT2D eigenvalue weighted by atomic mass is 16.6. The first-order valence-electron chi connectivity index (χ1n) is 8.27. The first-order chi connectivity index (χ1) is 12.8. The van der Waals surface area contributed by atoms with E-state index in [1.165, 1.54) is 0 Å². The van der Waals surface area contributed by atoms with Crippen LogP contribution in [0, 0.1) is 0 Å². The molecule has 1 aliphatic rings. The molecule has 0 aliphatic carbocycles. The fourth-order valence-electron chi connectivity index (χ4n) is 2.73. The molecule has 0 amide bonds. The summed E-state index contributed by atoms with van der Waals surface area (Å²) in [6, 6.07) is 9.46. The molecule has 26 heavy (non-hydrogen) atoms. The third-order valence-electron chi connectivity index (χ3n) is 4.00. The van der Waals surface area contributed by atoms with Crippen LogP contribution in [0.1, 0.15) is 5.56 Å². The summed E-state index contributed by atoms with van der Waals surface area (Å²) in [6.07, 6.45) is 5.23. The standard InChI is InChI=1S/C19H18N4O3/c1-24-16-10-18-17(25-7-8-26-18)9-14(16)12-22-19-21-6-4-15(23-19)13-3-2-5-20-11-13/h2-6,9-11H,7-8,12H2,1H3,(H,21,22,23). The second kappa shape index (κ2) is 7.26. The van der Waals surface area contributed by atoms with Crippen molar-refractivity contribution in [2.24, 2.45) is 0 Å². The average Bonchev–Trinajstić information content (AvgIpc) is 2.72. The minimum Gasteiger partial charge on any atom is -0.496 e. The van der Waals surface area contributed by atoms with Crippen molar-refractivity contribution < 1.29 is 14.2 Å². The second-order valence-corrected chi connectivity index (χ2v) is 5.67. The Bertz CT molecular complexity index is 903. The van der Waals surface area contributed by atoms with E-state index in [9.17, 15) is 0 Å². The Morgan fingerprint density at radius 2 is 1.96 bits per heavy atom. The van der Waals surface area contributed by atoms with E-state index < -0.39 is 0 Å². The predicted octanol–water partition coefficient (Wildman–Crippen LogP) is 2.93. The van der Waals surface area contributed by atoms with Gasteiger partial charge in [0.25, 0.3) is 0 Å². The zero-order valence-corrected chi connectivity index (χ0v) is 14.3. The number of anilines is 1. The van der Waals surface area contributed by atoms with Gasteiger partial charge in [-0.05, 0) is 24.3 Å². The molecule has 1 aromatic carbocycles. The van der Waals surface area contributed by atoms with Crippen LogP contribution in [0.15, 0.2) is 48.9 Å². The minimum absolute atomic E-state index is 0.496. The maximum absolute atomic E-state index is 5.65. The Hall–Kier alpha value is -3.35. The predicted molar refractivity (Wildman–Crippen MR) is 96.6 cm³/mol. The summed E-state index contributed by atoms with van der Waals surface area (Å²) in [7, 11) is 1.63. The lowest BCUT2D eigenvalue weighted by Gasteiger charge is -2.20.